The Labute approximate surface area is 152 Å². The molecule has 0 spiro atoms. The second kappa shape index (κ2) is 11.9. The van der Waals surface area contributed by atoms with Crippen molar-refractivity contribution in [3.05, 3.63) is 0 Å². The van der Waals surface area contributed by atoms with Gasteiger partial charge in [-0.2, -0.15) is 0 Å². The van der Waals surface area contributed by atoms with Crippen molar-refractivity contribution >= 4 is 17.6 Å². The summed E-state index contributed by atoms with van der Waals surface area (Å²) in [6.45, 7) is 2.81. The molecule has 152 valence electrons. The van der Waals surface area contributed by atoms with Crippen molar-refractivity contribution in [2.75, 3.05) is 13.6 Å². The van der Waals surface area contributed by atoms with Gasteiger partial charge in [0.1, 0.15) is 18.0 Å². The molecule has 0 bridgehead atoms. The Morgan fingerprint density at radius 2 is 1.54 bits per heavy atom. The van der Waals surface area contributed by atoms with E-state index in [1.54, 1.807) is 20.9 Å². The van der Waals surface area contributed by atoms with Gasteiger partial charge in [-0.1, -0.05) is 6.92 Å². The lowest BCUT2D eigenvalue weighted by Gasteiger charge is -2.26. The number of hydrogen-bond donors (Lipinski definition) is 7. The first kappa shape index (κ1) is 24.4. The smallest absolute Gasteiger partial charge is 0.221 e. The minimum atomic E-state index is -1.66. The molecule has 0 radical (unpaired) electrons. The van der Waals surface area contributed by atoms with E-state index in [1.165, 1.54) is 0 Å². The number of nitrogens with one attached hydrogen (secondary N) is 2. The van der Waals surface area contributed by atoms with Crippen LogP contribution in [0.5, 0.6) is 0 Å². The van der Waals surface area contributed by atoms with Crippen LogP contribution in [0.25, 0.3) is 0 Å². The minimum absolute atomic E-state index is 0.177. The van der Waals surface area contributed by atoms with Gasteiger partial charge in [-0.05, 0) is 20.4 Å². The fraction of sp³-hybridized carbons (Fsp3) is 0.812. The predicted molar refractivity (Wildman–Crippen MR) is 92.8 cm³/mol. The van der Waals surface area contributed by atoms with Crippen molar-refractivity contribution in [1.29, 1.82) is 0 Å². The second-order valence-electron chi connectivity index (χ2n) is 6.31. The molecular weight excluding hydrogens is 346 g/mol. The summed E-state index contributed by atoms with van der Waals surface area (Å²) < 4.78 is 0. The van der Waals surface area contributed by atoms with E-state index in [2.05, 4.69) is 10.6 Å². The van der Waals surface area contributed by atoms with E-state index in [0.29, 0.717) is 0 Å². The fourth-order valence-electron chi connectivity index (χ4n) is 2.19. The molecular formula is C16H31N3O7. The van der Waals surface area contributed by atoms with Crippen LogP contribution in [0.15, 0.2) is 0 Å². The van der Waals surface area contributed by atoms with Gasteiger partial charge in [-0.3, -0.25) is 14.4 Å². The summed E-state index contributed by atoms with van der Waals surface area (Å²) in [5, 5.41) is 43.7. The molecule has 0 aromatic rings. The first-order valence-corrected chi connectivity index (χ1v) is 8.53. The number of hydrogen-bond acceptors (Lipinski definition) is 8. The highest BCUT2D eigenvalue weighted by molar-refractivity contribution is 5.91. The number of carbonyl (C=O) groups is 3. The van der Waals surface area contributed by atoms with E-state index in [1.807, 2.05) is 0 Å². The van der Waals surface area contributed by atoms with E-state index in [-0.39, 0.29) is 25.0 Å². The van der Waals surface area contributed by atoms with Crippen LogP contribution in [0.4, 0.5) is 0 Å². The van der Waals surface area contributed by atoms with Gasteiger partial charge in [0.2, 0.25) is 11.8 Å². The maximum Gasteiger partial charge on any atom is 0.221 e. The monoisotopic (exact) mass is 377 g/mol. The number of aliphatic hydroxyl groups is 4. The summed E-state index contributed by atoms with van der Waals surface area (Å²) in [6.07, 6.45) is -6.32. The van der Waals surface area contributed by atoms with Crippen LogP contribution in [0, 0.1) is 5.92 Å². The summed E-state index contributed by atoms with van der Waals surface area (Å²) in [6, 6.07) is -0.483. The standard InChI is InChI=1S/C16H31N3O7/c1-4-10(20)14(24)15(25)12(22)7-19-13(23)6-9(16(17)26)5-11(21)8(2)18-3/h8-10,12,14-15,18,20,22,24-25H,4-7H2,1-3H3,(H2,17,26)(H,19,23)/t8-,9+,10+,12-,14+,15+/m0/s1. The second-order valence-corrected chi connectivity index (χ2v) is 6.31. The average molecular weight is 377 g/mol. The molecule has 0 saturated carbocycles. The Balaban J connectivity index is 4.56. The van der Waals surface area contributed by atoms with Crippen LogP contribution in [0.1, 0.15) is 33.1 Å². The van der Waals surface area contributed by atoms with Gasteiger partial charge in [-0.25, -0.2) is 0 Å². The molecule has 0 saturated heterocycles. The molecule has 2 amide bonds. The molecule has 0 heterocycles. The van der Waals surface area contributed by atoms with Gasteiger partial charge in [0.25, 0.3) is 0 Å². The van der Waals surface area contributed by atoms with E-state index >= 15 is 0 Å². The lowest BCUT2D eigenvalue weighted by Crippen LogP contribution is -2.49. The Morgan fingerprint density at radius 3 is 2.00 bits per heavy atom. The lowest BCUT2D eigenvalue weighted by atomic mass is 9.95. The largest absolute Gasteiger partial charge is 0.390 e. The van der Waals surface area contributed by atoms with Gasteiger partial charge in [-0.15, -0.1) is 0 Å². The summed E-state index contributed by atoms with van der Waals surface area (Å²) in [5.41, 5.74) is 5.23. The molecule has 0 fully saturated rings. The summed E-state index contributed by atoms with van der Waals surface area (Å²) in [5.74, 6) is -2.70. The minimum Gasteiger partial charge on any atom is -0.390 e. The molecule has 0 rings (SSSR count). The van der Waals surface area contributed by atoms with Gasteiger partial charge >= 0.3 is 0 Å². The van der Waals surface area contributed by atoms with E-state index in [9.17, 15) is 34.8 Å². The quantitative estimate of drug-likeness (QED) is 0.177. The van der Waals surface area contributed by atoms with Crippen LogP contribution in [-0.4, -0.2) is 82.1 Å². The van der Waals surface area contributed by atoms with Gasteiger partial charge < -0.3 is 36.8 Å². The normalized spacial score (nSPS) is 18.3. The molecule has 0 unspecified atom stereocenters. The molecule has 0 aliphatic rings. The highest BCUT2D eigenvalue weighted by Gasteiger charge is 2.30. The van der Waals surface area contributed by atoms with Crippen molar-refractivity contribution in [3.63, 3.8) is 0 Å². The Kier molecular flexibility index (Phi) is 11.2. The van der Waals surface area contributed by atoms with Crippen LogP contribution >= 0.6 is 0 Å². The van der Waals surface area contributed by atoms with Crippen LogP contribution in [-0.2, 0) is 14.4 Å². The van der Waals surface area contributed by atoms with E-state index in [4.69, 9.17) is 5.73 Å². The number of likely N-dealkylation sites (N-methyl/N-ethyl adjacent to an activating group) is 1. The number of ketones is 1. The zero-order valence-corrected chi connectivity index (χ0v) is 15.4. The van der Waals surface area contributed by atoms with Crippen molar-refractivity contribution in [3.8, 4) is 0 Å². The summed E-state index contributed by atoms with van der Waals surface area (Å²) >= 11 is 0. The van der Waals surface area contributed by atoms with Crippen LogP contribution in [0.3, 0.4) is 0 Å². The first-order chi connectivity index (χ1) is 12.0. The zero-order chi connectivity index (χ0) is 20.4. The lowest BCUT2D eigenvalue weighted by molar-refractivity contribution is -0.132. The van der Waals surface area contributed by atoms with E-state index < -0.39 is 54.7 Å². The number of nitrogens with two attached hydrogens (primary N) is 1. The maximum absolute atomic E-state index is 11.9. The molecule has 0 aromatic carbocycles. The number of carbonyl (C=O) groups excluding carboxylic acids is 3. The molecule has 0 aromatic heterocycles. The Bertz CT molecular complexity index is 475. The van der Waals surface area contributed by atoms with Gasteiger partial charge in [0, 0.05) is 19.4 Å². The fourth-order valence-corrected chi connectivity index (χ4v) is 2.19. The molecule has 0 aliphatic carbocycles. The number of rotatable bonds is 13. The highest BCUT2D eigenvalue weighted by atomic mass is 16.4. The van der Waals surface area contributed by atoms with Gasteiger partial charge in [0.05, 0.1) is 24.2 Å². The highest BCUT2D eigenvalue weighted by Crippen LogP contribution is 2.11. The number of Topliss-reactive ketones (excluding diaryl/α,β-unsaturated/α-hetero) is 1. The third-order valence-corrected chi connectivity index (χ3v) is 4.26. The van der Waals surface area contributed by atoms with E-state index in [0.717, 1.165) is 0 Å². The predicted octanol–water partition coefficient (Wildman–Crippen LogP) is -2.99. The summed E-state index contributed by atoms with van der Waals surface area (Å²) in [4.78, 5) is 35.2. The van der Waals surface area contributed by atoms with Crippen molar-refractivity contribution in [2.45, 2.75) is 63.6 Å². The third kappa shape index (κ3) is 8.19. The topological polar surface area (TPSA) is 182 Å². The average Bonchev–Trinajstić information content (AvgIpc) is 2.62. The molecule has 10 nitrogen and oxygen atoms in total. The molecule has 26 heavy (non-hydrogen) atoms. The molecule has 0 aliphatic heterocycles. The van der Waals surface area contributed by atoms with Crippen molar-refractivity contribution in [2.24, 2.45) is 11.7 Å². The first-order valence-electron chi connectivity index (χ1n) is 8.53. The Hall–Kier alpha value is -1.59. The number of aliphatic hydroxyl groups excluding tert-OH is 4. The Morgan fingerprint density at radius 1 is 1.00 bits per heavy atom. The molecule has 8 N–H and O–H groups in total. The number of amides is 2. The molecule has 10 heteroatoms. The van der Waals surface area contributed by atoms with Crippen LogP contribution in [0.2, 0.25) is 0 Å². The SMILES string of the molecule is CC[C@@H](O)[C@@H](O)[C@H](O)[C@@H](O)CNC(=O)C[C@@H](CC(=O)[C@H](C)NC)C(N)=O. The zero-order valence-electron chi connectivity index (χ0n) is 15.4. The number of primary amides is 1. The van der Waals surface area contributed by atoms with Gasteiger partial charge in [0.15, 0.2) is 0 Å². The summed E-state index contributed by atoms with van der Waals surface area (Å²) in [7, 11) is 1.59. The third-order valence-electron chi connectivity index (χ3n) is 4.26. The van der Waals surface area contributed by atoms with Crippen LogP contribution < -0.4 is 16.4 Å². The molecule has 6 atom stereocenters. The maximum atomic E-state index is 11.9. The van der Waals surface area contributed by atoms with Crippen molar-refractivity contribution < 1.29 is 34.8 Å². The van der Waals surface area contributed by atoms with Crippen molar-refractivity contribution in [1.82, 2.24) is 10.6 Å².